The zero-order valence-corrected chi connectivity index (χ0v) is 18.8. The highest BCUT2D eigenvalue weighted by Gasteiger charge is 2.37. The van der Waals surface area contributed by atoms with Crippen LogP contribution in [0.1, 0.15) is 21.5 Å². The monoisotopic (exact) mass is 466 g/mol. The molecule has 2 heterocycles. The second kappa shape index (κ2) is 10.0. The van der Waals surface area contributed by atoms with Gasteiger partial charge in [0.05, 0.1) is 23.7 Å². The molecule has 2 saturated heterocycles. The van der Waals surface area contributed by atoms with Crippen LogP contribution in [0.2, 0.25) is 0 Å². The van der Waals surface area contributed by atoms with Gasteiger partial charge in [0.15, 0.2) is 0 Å². The van der Waals surface area contributed by atoms with Gasteiger partial charge in [-0.2, -0.15) is 0 Å². The molecule has 0 unspecified atom stereocenters. The number of benzene rings is 2. The lowest BCUT2D eigenvalue weighted by atomic mass is 10.1. The van der Waals surface area contributed by atoms with Crippen molar-refractivity contribution in [2.45, 2.75) is 6.92 Å². The minimum atomic E-state index is -0.520. The lowest BCUT2D eigenvalue weighted by Gasteiger charge is -2.28. The van der Waals surface area contributed by atoms with Crippen LogP contribution in [0.15, 0.2) is 53.4 Å². The molecule has 2 aromatic carbocycles. The highest BCUT2D eigenvalue weighted by Crippen LogP contribution is 2.32. The van der Waals surface area contributed by atoms with Crippen LogP contribution in [-0.4, -0.2) is 65.7 Å². The molecule has 2 aromatic rings. The first-order chi connectivity index (χ1) is 15.9. The molecule has 0 atom stereocenters. The number of aryl methyl sites for hydroxylation is 1. The Bertz CT molecular complexity index is 1120. The maximum Gasteiger partial charge on any atom is 0.343 e. The van der Waals surface area contributed by atoms with Gasteiger partial charge in [0, 0.05) is 13.1 Å². The fourth-order valence-electron chi connectivity index (χ4n) is 3.36. The fraction of sp³-hybridized carbons (Fsp3) is 0.250. The van der Waals surface area contributed by atoms with E-state index in [4.69, 9.17) is 9.47 Å². The van der Waals surface area contributed by atoms with Gasteiger partial charge in [0.25, 0.3) is 11.1 Å². The van der Waals surface area contributed by atoms with Crippen molar-refractivity contribution in [2.75, 3.05) is 32.8 Å². The summed E-state index contributed by atoms with van der Waals surface area (Å²) in [6.45, 7) is 3.41. The Morgan fingerprint density at radius 1 is 1.09 bits per heavy atom. The molecule has 0 aliphatic carbocycles. The molecule has 4 rings (SSSR count). The number of thioether (sulfide) groups is 1. The molecule has 170 valence electrons. The smallest absolute Gasteiger partial charge is 0.343 e. The minimum Gasteiger partial charge on any atom is -0.423 e. The van der Waals surface area contributed by atoms with Gasteiger partial charge < -0.3 is 14.4 Å². The number of nitrogens with zero attached hydrogens (tertiary/aromatic N) is 2. The van der Waals surface area contributed by atoms with Crippen LogP contribution in [-0.2, 0) is 14.3 Å². The van der Waals surface area contributed by atoms with Crippen LogP contribution < -0.4 is 4.74 Å². The summed E-state index contributed by atoms with van der Waals surface area (Å²) in [4.78, 5) is 52.7. The van der Waals surface area contributed by atoms with Gasteiger partial charge >= 0.3 is 5.97 Å². The highest BCUT2D eigenvalue weighted by molar-refractivity contribution is 8.18. The number of carbonyl (C=O) groups is 4. The number of morpholine rings is 1. The Kier molecular flexibility index (Phi) is 6.90. The summed E-state index contributed by atoms with van der Waals surface area (Å²) in [6, 6.07) is 13.7. The lowest BCUT2D eigenvalue weighted by Crippen LogP contribution is -2.46. The summed E-state index contributed by atoms with van der Waals surface area (Å²) in [7, 11) is 0. The molecule has 2 aliphatic rings. The number of imide groups is 1. The Hall–Kier alpha value is -3.43. The van der Waals surface area contributed by atoms with E-state index in [1.54, 1.807) is 47.4 Å². The van der Waals surface area contributed by atoms with Crippen LogP contribution in [0.25, 0.3) is 6.08 Å². The number of carbonyl (C=O) groups excluding carboxylic acids is 4. The first kappa shape index (κ1) is 22.8. The van der Waals surface area contributed by atoms with Gasteiger partial charge in [0.1, 0.15) is 12.3 Å². The number of hydrogen-bond acceptors (Lipinski definition) is 7. The molecule has 2 aliphatic heterocycles. The zero-order valence-electron chi connectivity index (χ0n) is 18.0. The molecule has 3 amide bonds. The average Bonchev–Trinajstić information content (AvgIpc) is 3.07. The van der Waals surface area contributed by atoms with Crippen molar-refractivity contribution in [3.05, 3.63) is 70.1 Å². The van der Waals surface area contributed by atoms with E-state index < -0.39 is 17.1 Å². The van der Waals surface area contributed by atoms with E-state index >= 15 is 0 Å². The third kappa shape index (κ3) is 5.50. The van der Waals surface area contributed by atoms with Gasteiger partial charge in [-0.25, -0.2) is 4.79 Å². The van der Waals surface area contributed by atoms with Crippen LogP contribution in [0, 0.1) is 6.92 Å². The second-order valence-corrected chi connectivity index (χ2v) is 8.58. The maximum atomic E-state index is 12.7. The molecule has 0 aromatic heterocycles. The third-order valence-corrected chi connectivity index (χ3v) is 6.09. The van der Waals surface area contributed by atoms with Gasteiger partial charge in [-0.1, -0.05) is 29.8 Å². The van der Waals surface area contributed by atoms with E-state index in [9.17, 15) is 19.2 Å². The van der Waals surface area contributed by atoms with Gasteiger partial charge in [-0.05, 0) is 54.6 Å². The summed E-state index contributed by atoms with van der Waals surface area (Å²) in [5.41, 5.74) is 2.06. The van der Waals surface area contributed by atoms with Gasteiger partial charge in [-0.3, -0.25) is 19.3 Å². The summed E-state index contributed by atoms with van der Waals surface area (Å²) >= 11 is 0.779. The molecule has 9 heteroatoms. The minimum absolute atomic E-state index is 0.205. The summed E-state index contributed by atoms with van der Waals surface area (Å²) in [5.74, 6) is -0.981. The number of amides is 3. The molecule has 0 saturated carbocycles. The Morgan fingerprint density at radius 2 is 1.82 bits per heavy atom. The number of esters is 1. The fourth-order valence-corrected chi connectivity index (χ4v) is 4.20. The van der Waals surface area contributed by atoms with Crippen LogP contribution in [0.4, 0.5) is 4.79 Å². The van der Waals surface area contributed by atoms with Crippen LogP contribution in [0.5, 0.6) is 5.75 Å². The first-order valence-corrected chi connectivity index (χ1v) is 11.2. The molecule has 0 spiro atoms. The molecule has 0 N–H and O–H groups in total. The standard InChI is InChI=1S/C24H22N2O6S/c1-16-5-7-18(8-6-16)23(29)32-19-4-2-3-17(13-19)14-20-22(28)26(24(30)33-20)15-21(27)25-9-11-31-12-10-25/h2-8,13-14H,9-12,15H2,1H3/b20-14-. The van der Waals surface area contributed by atoms with Crippen molar-refractivity contribution in [3.8, 4) is 5.75 Å². The van der Waals surface area contributed by atoms with E-state index in [0.717, 1.165) is 22.2 Å². The predicted molar refractivity (Wildman–Crippen MR) is 123 cm³/mol. The molecular formula is C24H22N2O6S. The lowest BCUT2D eigenvalue weighted by molar-refractivity contribution is -0.139. The maximum absolute atomic E-state index is 12.7. The van der Waals surface area contributed by atoms with E-state index in [1.165, 1.54) is 0 Å². The highest BCUT2D eigenvalue weighted by atomic mass is 32.2. The van der Waals surface area contributed by atoms with Crippen molar-refractivity contribution in [2.24, 2.45) is 0 Å². The van der Waals surface area contributed by atoms with E-state index in [1.807, 2.05) is 19.1 Å². The number of hydrogen-bond donors (Lipinski definition) is 0. The zero-order chi connectivity index (χ0) is 23.4. The van der Waals surface area contributed by atoms with Crippen molar-refractivity contribution < 1.29 is 28.7 Å². The number of ether oxygens (including phenoxy) is 2. The molecule has 33 heavy (non-hydrogen) atoms. The molecular weight excluding hydrogens is 444 g/mol. The average molecular weight is 467 g/mol. The van der Waals surface area contributed by atoms with E-state index in [-0.39, 0.29) is 17.4 Å². The summed E-state index contributed by atoms with van der Waals surface area (Å²) in [5, 5.41) is -0.491. The summed E-state index contributed by atoms with van der Waals surface area (Å²) < 4.78 is 10.7. The Labute approximate surface area is 195 Å². The Morgan fingerprint density at radius 3 is 2.55 bits per heavy atom. The predicted octanol–water partition coefficient (Wildman–Crippen LogP) is 3.11. The number of rotatable bonds is 5. The first-order valence-electron chi connectivity index (χ1n) is 10.4. The van der Waals surface area contributed by atoms with Crippen molar-refractivity contribution in [1.29, 1.82) is 0 Å². The van der Waals surface area contributed by atoms with Crippen molar-refractivity contribution >= 4 is 40.9 Å². The van der Waals surface area contributed by atoms with E-state index in [0.29, 0.717) is 43.2 Å². The van der Waals surface area contributed by atoms with Crippen molar-refractivity contribution in [3.63, 3.8) is 0 Å². The van der Waals surface area contributed by atoms with Crippen LogP contribution in [0.3, 0.4) is 0 Å². The van der Waals surface area contributed by atoms with E-state index in [2.05, 4.69) is 0 Å². The third-order valence-electron chi connectivity index (χ3n) is 5.18. The second-order valence-electron chi connectivity index (χ2n) is 7.59. The molecule has 2 fully saturated rings. The summed E-state index contributed by atoms with van der Waals surface area (Å²) in [6.07, 6.45) is 1.55. The van der Waals surface area contributed by atoms with Crippen molar-refractivity contribution in [1.82, 2.24) is 9.80 Å². The molecule has 8 nitrogen and oxygen atoms in total. The SMILES string of the molecule is Cc1ccc(C(=O)Oc2cccc(/C=C3\SC(=O)N(CC(=O)N4CCOCC4)C3=O)c2)cc1. The topological polar surface area (TPSA) is 93.2 Å². The Balaban J connectivity index is 1.43. The van der Waals surface area contributed by atoms with Crippen LogP contribution >= 0.6 is 11.8 Å². The molecule has 0 bridgehead atoms. The molecule has 0 radical (unpaired) electrons. The normalized spacial score (nSPS) is 17.5. The van der Waals surface area contributed by atoms with Gasteiger partial charge in [0.2, 0.25) is 5.91 Å². The quantitative estimate of drug-likeness (QED) is 0.380. The largest absolute Gasteiger partial charge is 0.423 e. The van der Waals surface area contributed by atoms with Gasteiger partial charge in [-0.15, -0.1) is 0 Å².